The van der Waals surface area contributed by atoms with Gasteiger partial charge in [-0.1, -0.05) is 25.8 Å². The largest absolute Gasteiger partial charge is 0.397 e. The highest BCUT2D eigenvalue weighted by molar-refractivity contribution is 7.80. The van der Waals surface area contributed by atoms with E-state index in [4.69, 9.17) is 9.29 Å². The van der Waals surface area contributed by atoms with Crippen LogP contribution in [0.4, 0.5) is 0 Å². The Balaban J connectivity index is 0. The minimum atomic E-state index is -4.32. The zero-order chi connectivity index (χ0) is 14.4. The summed E-state index contributed by atoms with van der Waals surface area (Å²) in [4.78, 5) is 0. The summed E-state index contributed by atoms with van der Waals surface area (Å²) in [5.74, 6) is 0. The van der Waals surface area contributed by atoms with Gasteiger partial charge in [-0.05, 0) is 26.7 Å². The van der Waals surface area contributed by atoms with Crippen molar-refractivity contribution < 1.29 is 21.9 Å². The number of ether oxygens (including phenoxy) is 1. The molecule has 0 radical (unpaired) electrons. The zero-order valence-corrected chi connectivity index (χ0v) is 12.4. The van der Waals surface area contributed by atoms with Crippen molar-refractivity contribution in [3.63, 3.8) is 0 Å². The van der Waals surface area contributed by atoms with E-state index in [-0.39, 0.29) is 0 Å². The zero-order valence-electron chi connectivity index (χ0n) is 11.6. The Labute approximate surface area is 111 Å². The van der Waals surface area contributed by atoms with E-state index in [9.17, 15) is 8.42 Å². The maximum atomic E-state index is 10.4. The van der Waals surface area contributed by atoms with Crippen LogP contribution in [0.25, 0.3) is 0 Å². The van der Waals surface area contributed by atoms with Crippen molar-refractivity contribution in [1.82, 2.24) is 0 Å². The molecule has 0 bridgehead atoms. The van der Waals surface area contributed by atoms with Crippen LogP contribution in [0.3, 0.4) is 0 Å². The molecule has 0 aliphatic heterocycles. The lowest BCUT2D eigenvalue weighted by atomic mass is 10.1. The Bertz CT molecular complexity index is 272. The molecule has 0 saturated heterocycles. The SMILES string of the molecule is C=CCC(CCCC)OS(=O)(=O)O.CCOCC. The normalized spacial score (nSPS) is 12.4. The molecule has 0 rings (SSSR count). The second kappa shape index (κ2) is 13.0. The fraction of sp³-hybridized carbons (Fsp3) is 0.833. The summed E-state index contributed by atoms with van der Waals surface area (Å²) in [6.07, 6.45) is 3.97. The molecule has 0 amide bonds. The molecule has 0 aromatic rings. The van der Waals surface area contributed by atoms with Crippen LogP contribution in [0.15, 0.2) is 12.7 Å². The van der Waals surface area contributed by atoms with E-state index in [0.29, 0.717) is 12.8 Å². The van der Waals surface area contributed by atoms with Crippen LogP contribution in [-0.2, 0) is 19.3 Å². The molecule has 0 aliphatic rings. The van der Waals surface area contributed by atoms with Crippen LogP contribution < -0.4 is 0 Å². The first-order valence-corrected chi connectivity index (χ1v) is 7.62. The van der Waals surface area contributed by atoms with Crippen molar-refractivity contribution in [1.29, 1.82) is 0 Å². The maximum Gasteiger partial charge on any atom is 0.397 e. The third-order valence-electron chi connectivity index (χ3n) is 1.98. The highest BCUT2D eigenvalue weighted by Gasteiger charge is 2.14. The van der Waals surface area contributed by atoms with Gasteiger partial charge >= 0.3 is 10.4 Å². The summed E-state index contributed by atoms with van der Waals surface area (Å²) in [5.41, 5.74) is 0. The van der Waals surface area contributed by atoms with Crippen LogP contribution in [0.2, 0.25) is 0 Å². The van der Waals surface area contributed by atoms with E-state index in [0.717, 1.165) is 26.1 Å². The Hall–Kier alpha value is -0.430. The smallest absolute Gasteiger partial charge is 0.382 e. The molecule has 5 nitrogen and oxygen atoms in total. The molecule has 1 N–H and O–H groups in total. The van der Waals surface area contributed by atoms with Crippen molar-refractivity contribution in [3.05, 3.63) is 12.7 Å². The first-order chi connectivity index (χ1) is 8.41. The summed E-state index contributed by atoms with van der Waals surface area (Å²) in [7, 11) is -4.32. The summed E-state index contributed by atoms with van der Waals surface area (Å²) in [6.45, 7) is 11.1. The number of hydrogen-bond acceptors (Lipinski definition) is 4. The van der Waals surface area contributed by atoms with Crippen LogP contribution >= 0.6 is 0 Å². The predicted octanol–water partition coefficient (Wildman–Crippen LogP) is 2.98. The van der Waals surface area contributed by atoms with Crippen molar-refractivity contribution in [3.8, 4) is 0 Å². The fourth-order valence-corrected chi connectivity index (χ4v) is 1.72. The highest BCUT2D eigenvalue weighted by atomic mass is 32.3. The Morgan fingerprint density at radius 2 is 1.83 bits per heavy atom. The number of rotatable bonds is 9. The summed E-state index contributed by atoms with van der Waals surface area (Å²) in [5, 5.41) is 0. The van der Waals surface area contributed by atoms with Gasteiger partial charge in [0.15, 0.2) is 0 Å². The van der Waals surface area contributed by atoms with Crippen molar-refractivity contribution in [2.24, 2.45) is 0 Å². The van der Waals surface area contributed by atoms with Crippen LogP contribution in [0, 0.1) is 0 Å². The molecule has 0 fully saturated rings. The van der Waals surface area contributed by atoms with Crippen molar-refractivity contribution in [2.45, 2.75) is 52.6 Å². The van der Waals surface area contributed by atoms with Gasteiger partial charge in [0.1, 0.15) is 0 Å². The molecular formula is C12H26O5S. The van der Waals surface area contributed by atoms with E-state index >= 15 is 0 Å². The minimum Gasteiger partial charge on any atom is -0.382 e. The first kappa shape index (κ1) is 19.9. The highest BCUT2D eigenvalue weighted by Crippen LogP contribution is 2.11. The van der Waals surface area contributed by atoms with E-state index in [2.05, 4.69) is 10.8 Å². The Kier molecular flexibility index (Phi) is 14.4. The van der Waals surface area contributed by atoms with Gasteiger partial charge in [-0.25, -0.2) is 4.18 Å². The van der Waals surface area contributed by atoms with Crippen LogP contribution in [0.1, 0.15) is 46.5 Å². The molecule has 0 saturated carbocycles. The molecule has 110 valence electrons. The summed E-state index contributed by atoms with van der Waals surface area (Å²) in [6, 6.07) is 0. The van der Waals surface area contributed by atoms with E-state index in [1.165, 1.54) is 0 Å². The third kappa shape index (κ3) is 17.9. The molecule has 1 unspecified atom stereocenters. The lowest BCUT2D eigenvalue weighted by Gasteiger charge is -2.12. The molecule has 1 atom stereocenters. The third-order valence-corrected chi connectivity index (χ3v) is 2.49. The average Bonchev–Trinajstić information content (AvgIpc) is 2.26. The van der Waals surface area contributed by atoms with E-state index in [1.807, 2.05) is 20.8 Å². The fourth-order valence-electron chi connectivity index (χ4n) is 1.20. The molecule has 18 heavy (non-hydrogen) atoms. The van der Waals surface area contributed by atoms with Gasteiger partial charge in [0.2, 0.25) is 0 Å². The number of unbranched alkanes of at least 4 members (excludes halogenated alkanes) is 1. The Morgan fingerprint density at radius 3 is 2.11 bits per heavy atom. The quantitative estimate of drug-likeness (QED) is 0.520. The van der Waals surface area contributed by atoms with Gasteiger partial charge in [0.25, 0.3) is 0 Å². The van der Waals surface area contributed by atoms with Gasteiger partial charge in [-0.3, -0.25) is 4.55 Å². The molecule has 0 aromatic heterocycles. The standard InChI is InChI=1S/C8H16O4S.C4H10O/c1-3-5-7-8(6-4-2)12-13(9,10)11;1-3-5-4-2/h4,8H,2-3,5-7H2,1H3,(H,9,10,11);3-4H2,1-2H3. The van der Waals surface area contributed by atoms with E-state index in [1.54, 1.807) is 6.08 Å². The lowest BCUT2D eigenvalue weighted by Crippen LogP contribution is -2.17. The number of hydrogen-bond donors (Lipinski definition) is 1. The van der Waals surface area contributed by atoms with E-state index < -0.39 is 16.5 Å². The van der Waals surface area contributed by atoms with Crippen molar-refractivity contribution >= 4 is 10.4 Å². The van der Waals surface area contributed by atoms with Gasteiger partial charge in [0.05, 0.1) is 6.10 Å². The second-order valence-electron chi connectivity index (χ2n) is 3.59. The molecule has 6 heteroatoms. The maximum absolute atomic E-state index is 10.4. The van der Waals surface area contributed by atoms with Crippen LogP contribution in [0.5, 0.6) is 0 Å². The average molecular weight is 282 g/mol. The van der Waals surface area contributed by atoms with Crippen molar-refractivity contribution in [2.75, 3.05) is 13.2 Å². The monoisotopic (exact) mass is 282 g/mol. The van der Waals surface area contributed by atoms with Gasteiger partial charge in [0, 0.05) is 13.2 Å². The van der Waals surface area contributed by atoms with Gasteiger partial charge < -0.3 is 4.74 Å². The van der Waals surface area contributed by atoms with Crippen LogP contribution in [-0.4, -0.2) is 32.3 Å². The Morgan fingerprint density at radius 1 is 1.28 bits per heavy atom. The lowest BCUT2D eigenvalue weighted by molar-refractivity contribution is 0.162. The molecular weight excluding hydrogens is 256 g/mol. The molecule has 0 aliphatic carbocycles. The van der Waals surface area contributed by atoms with Gasteiger partial charge in [-0.15, -0.1) is 6.58 Å². The van der Waals surface area contributed by atoms with Gasteiger partial charge in [-0.2, -0.15) is 8.42 Å². The molecule has 0 aromatic carbocycles. The minimum absolute atomic E-state index is 0.430. The molecule has 0 spiro atoms. The summed E-state index contributed by atoms with van der Waals surface area (Å²) >= 11 is 0. The summed E-state index contributed by atoms with van der Waals surface area (Å²) < 4.78 is 38.5. The first-order valence-electron chi connectivity index (χ1n) is 6.25. The molecule has 0 heterocycles. The topological polar surface area (TPSA) is 72.8 Å². The predicted molar refractivity (Wildman–Crippen MR) is 72.9 cm³/mol. The second-order valence-corrected chi connectivity index (χ2v) is 4.64.